The molecular weight excluding hydrogens is 214 g/mol. The van der Waals surface area contributed by atoms with Crippen molar-refractivity contribution < 1.29 is 0 Å². The van der Waals surface area contributed by atoms with E-state index in [4.69, 9.17) is 5.26 Å². The fraction of sp³-hybridized carbons (Fsp3) is 0.667. The van der Waals surface area contributed by atoms with Crippen molar-refractivity contribution in [1.82, 2.24) is 14.7 Å². The number of aromatic nitrogens is 2. The molecule has 2 heterocycles. The monoisotopic (exact) mass is 233 g/mol. The second kappa shape index (κ2) is 4.76. The lowest BCUT2D eigenvalue weighted by molar-refractivity contribution is 0.260. The first-order valence-corrected chi connectivity index (χ1v) is 6.00. The summed E-state index contributed by atoms with van der Waals surface area (Å²) in [5.74, 6) is 0.852. The fourth-order valence-corrected chi connectivity index (χ4v) is 2.44. The summed E-state index contributed by atoms with van der Waals surface area (Å²) >= 11 is 0. The van der Waals surface area contributed by atoms with Gasteiger partial charge in [0.15, 0.2) is 0 Å². The molecule has 1 fully saturated rings. The van der Waals surface area contributed by atoms with Gasteiger partial charge in [-0.2, -0.15) is 10.4 Å². The molecule has 1 aromatic heterocycles. The van der Waals surface area contributed by atoms with Crippen LogP contribution in [0.4, 0.5) is 5.82 Å². The van der Waals surface area contributed by atoms with Crippen LogP contribution in [0, 0.1) is 18.3 Å². The maximum Gasteiger partial charge on any atom is 0.142 e. The molecule has 1 atom stereocenters. The number of rotatable bonds is 2. The summed E-state index contributed by atoms with van der Waals surface area (Å²) in [6.07, 6.45) is 2.35. The second-order valence-electron chi connectivity index (χ2n) is 4.79. The first-order chi connectivity index (χ1) is 8.11. The molecule has 0 radical (unpaired) electrons. The molecule has 5 heteroatoms. The molecule has 1 aliphatic heterocycles. The Morgan fingerprint density at radius 2 is 2.24 bits per heavy atom. The normalized spacial score (nSPS) is 21.2. The predicted octanol–water partition coefficient (Wildman–Crippen LogP) is 1.11. The number of piperidine rings is 1. The minimum absolute atomic E-state index is 0.413. The number of nitriles is 1. The van der Waals surface area contributed by atoms with Crippen molar-refractivity contribution >= 4 is 5.82 Å². The number of nitrogens with one attached hydrogen (secondary N) is 1. The van der Waals surface area contributed by atoms with Crippen LogP contribution in [-0.2, 0) is 7.05 Å². The summed E-state index contributed by atoms with van der Waals surface area (Å²) in [6, 6.07) is 2.64. The molecule has 0 amide bonds. The van der Waals surface area contributed by atoms with Crippen molar-refractivity contribution in [1.29, 1.82) is 5.26 Å². The van der Waals surface area contributed by atoms with Crippen LogP contribution >= 0.6 is 0 Å². The smallest absolute Gasteiger partial charge is 0.142 e. The number of aryl methyl sites for hydroxylation is 2. The molecule has 0 spiro atoms. The Kier molecular flexibility index (Phi) is 3.34. The Hall–Kier alpha value is -1.54. The van der Waals surface area contributed by atoms with Gasteiger partial charge in [-0.3, -0.25) is 4.68 Å². The quantitative estimate of drug-likeness (QED) is 0.831. The average Bonchev–Trinajstić information content (AvgIpc) is 2.53. The van der Waals surface area contributed by atoms with Crippen LogP contribution in [0.25, 0.3) is 0 Å². The summed E-state index contributed by atoms with van der Waals surface area (Å²) in [7, 11) is 4.01. The molecule has 1 aliphatic rings. The first-order valence-electron chi connectivity index (χ1n) is 6.00. The van der Waals surface area contributed by atoms with Gasteiger partial charge < -0.3 is 10.2 Å². The van der Waals surface area contributed by atoms with Crippen molar-refractivity contribution in [2.45, 2.75) is 25.8 Å². The van der Waals surface area contributed by atoms with E-state index < -0.39 is 0 Å². The number of likely N-dealkylation sites (tertiary alicyclic amines) is 1. The summed E-state index contributed by atoms with van der Waals surface area (Å²) in [5, 5.41) is 16.9. The van der Waals surface area contributed by atoms with Crippen LogP contribution in [0.1, 0.15) is 24.1 Å². The zero-order valence-corrected chi connectivity index (χ0v) is 10.7. The van der Waals surface area contributed by atoms with Gasteiger partial charge in [-0.25, -0.2) is 0 Å². The molecule has 0 saturated carbocycles. The topological polar surface area (TPSA) is 56.9 Å². The van der Waals surface area contributed by atoms with E-state index >= 15 is 0 Å². The van der Waals surface area contributed by atoms with Gasteiger partial charge in [-0.05, 0) is 33.4 Å². The highest BCUT2D eigenvalue weighted by molar-refractivity contribution is 5.55. The molecule has 0 aliphatic carbocycles. The van der Waals surface area contributed by atoms with Crippen LogP contribution in [-0.4, -0.2) is 40.9 Å². The minimum Gasteiger partial charge on any atom is -0.365 e. The molecule has 1 N–H and O–H groups in total. The lowest BCUT2D eigenvalue weighted by atomic mass is 10.1. The van der Waals surface area contributed by atoms with Gasteiger partial charge >= 0.3 is 0 Å². The maximum absolute atomic E-state index is 9.14. The fourth-order valence-electron chi connectivity index (χ4n) is 2.44. The summed E-state index contributed by atoms with van der Waals surface area (Å²) in [6.45, 7) is 4.06. The van der Waals surface area contributed by atoms with Crippen molar-refractivity contribution in [3.8, 4) is 6.07 Å². The Morgan fingerprint density at radius 3 is 2.88 bits per heavy atom. The Balaban J connectivity index is 2.15. The van der Waals surface area contributed by atoms with E-state index in [-0.39, 0.29) is 0 Å². The number of hydrogen-bond donors (Lipinski definition) is 1. The lowest BCUT2D eigenvalue weighted by Crippen LogP contribution is -2.40. The van der Waals surface area contributed by atoms with E-state index in [1.165, 1.54) is 6.42 Å². The summed E-state index contributed by atoms with van der Waals surface area (Å²) in [5.41, 5.74) is 1.46. The minimum atomic E-state index is 0.413. The maximum atomic E-state index is 9.14. The van der Waals surface area contributed by atoms with Crippen molar-refractivity contribution in [3.63, 3.8) is 0 Å². The summed E-state index contributed by atoms with van der Waals surface area (Å²) in [4.78, 5) is 2.32. The molecule has 1 aromatic rings. The van der Waals surface area contributed by atoms with Crippen LogP contribution in [0.15, 0.2) is 0 Å². The third kappa shape index (κ3) is 2.42. The zero-order chi connectivity index (χ0) is 12.4. The van der Waals surface area contributed by atoms with Crippen molar-refractivity contribution in [2.75, 3.05) is 25.5 Å². The average molecular weight is 233 g/mol. The van der Waals surface area contributed by atoms with E-state index in [9.17, 15) is 0 Å². The predicted molar refractivity (Wildman–Crippen MR) is 66.8 cm³/mol. The van der Waals surface area contributed by atoms with Crippen molar-refractivity contribution in [2.24, 2.45) is 7.05 Å². The molecule has 17 heavy (non-hydrogen) atoms. The van der Waals surface area contributed by atoms with Gasteiger partial charge in [0.25, 0.3) is 0 Å². The van der Waals surface area contributed by atoms with Gasteiger partial charge in [-0.15, -0.1) is 0 Å². The van der Waals surface area contributed by atoms with Crippen LogP contribution in [0.3, 0.4) is 0 Å². The Bertz CT molecular complexity index is 442. The molecular formula is C12H19N5. The molecule has 0 bridgehead atoms. The first kappa shape index (κ1) is 11.9. The molecule has 2 rings (SSSR count). The van der Waals surface area contributed by atoms with Gasteiger partial charge in [0.2, 0.25) is 0 Å². The second-order valence-corrected chi connectivity index (χ2v) is 4.79. The number of anilines is 1. The van der Waals surface area contributed by atoms with Gasteiger partial charge in [-0.1, -0.05) is 0 Å². The molecule has 1 unspecified atom stereocenters. The molecule has 0 aromatic carbocycles. The van der Waals surface area contributed by atoms with Crippen LogP contribution in [0.2, 0.25) is 0 Å². The Labute approximate surface area is 102 Å². The van der Waals surface area contributed by atoms with E-state index in [1.807, 2.05) is 14.0 Å². The van der Waals surface area contributed by atoms with Gasteiger partial charge in [0.1, 0.15) is 17.5 Å². The summed E-state index contributed by atoms with van der Waals surface area (Å²) < 4.78 is 1.77. The van der Waals surface area contributed by atoms with E-state index in [0.717, 1.165) is 31.0 Å². The van der Waals surface area contributed by atoms with Gasteiger partial charge in [0.05, 0.1) is 5.69 Å². The third-order valence-corrected chi connectivity index (χ3v) is 3.30. The highest BCUT2D eigenvalue weighted by atomic mass is 15.3. The standard InChI is InChI=1S/C12H19N5/c1-9-11(7-13)12(17(3)15-9)14-10-5-4-6-16(2)8-10/h10,14H,4-6,8H2,1-3H3. The van der Waals surface area contributed by atoms with Crippen LogP contribution < -0.4 is 5.32 Å². The van der Waals surface area contributed by atoms with Crippen LogP contribution in [0.5, 0.6) is 0 Å². The lowest BCUT2D eigenvalue weighted by Gasteiger charge is -2.30. The number of hydrogen-bond acceptors (Lipinski definition) is 4. The number of nitrogens with zero attached hydrogens (tertiary/aromatic N) is 4. The van der Waals surface area contributed by atoms with E-state index in [0.29, 0.717) is 11.6 Å². The highest BCUT2D eigenvalue weighted by Gasteiger charge is 2.20. The zero-order valence-electron chi connectivity index (χ0n) is 10.7. The molecule has 1 saturated heterocycles. The molecule has 5 nitrogen and oxygen atoms in total. The van der Waals surface area contributed by atoms with Gasteiger partial charge in [0, 0.05) is 19.6 Å². The number of likely N-dealkylation sites (N-methyl/N-ethyl adjacent to an activating group) is 1. The highest BCUT2D eigenvalue weighted by Crippen LogP contribution is 2.20. The third-order valence-electron chi connectivity index (χ3n) is 3.30. The SMILES string of the molecule is Cc1nn(C)c(NC2CCCN(C)C2)c1C#N. The van der Waals surface area contributed by atoms with E-state index in [2.05, 4.69) is 28.4 Å². The Morgan fingerprint density at radius 1 is 1.47 bits per heavy atom. The largest absolute Gasteiger partial charge is 0.365 e. The van der Waals surface area contributed by atoms with E-state index in [1.54, 1.807) is 4.68 Å². The van der Waals surface area contributed by atoms with Crippen molar-refractivity contribution in [3.05, 3.63) is 11.3 Å². The molecule has 92 valence electrons.